The minimum Gasteiger partial charge on any atom is -0.495 e. The summed E-state index contributed by atoms with van der Waals surface area (Å²) in [4.78, 5) is 27.8. The van der Waals surface area contributed by atoms with E-state index in [-0.39, 0.29) is 35.0 Å². The summed E-state index contributed by atoms with van der Waals surface area (Å²) in [5.74, 6) is -0.693. The second kappa shape index (κ2) is 12.5. The molecule has 35 heavy (non-hydrogen) atoms. The summed E-state index contributed by atoms with van der Waals surface area (Å²) in [5.41, 5.74) is 0.815. The molecule has 2 rings (SSSR count). The molecule has 11 heteroatoms. The van der Waals surface area contributed by atoms with Crippen LogP contribution >= 0.6 is 23.2 Å². The van der Waals surface area contributed by atoms with Crippen LogP contribution in [0.25, 0.3) is 0 Å². The molecular weight excluding hydrogens is 513 g/mol. The van der Waals surface area contributed by atoms with E-state index in [2.05, 4.69) is 5.32 Å². The van der Waals surface area contributed by atoms with Gasteiger partial charge in [-0.2, -0.15) is 0 Å². The summed E-state index contributed by atoms with van der Waals surface area (Å²) in [7, 11) is -2.53. The minimum atomic E-state index is -3.92. The second-order valence-electron chi connectivity index (χ2n) is 8.23. The third kappa shape index (κ3) is 8.02. The van der Waals surface area contributed by atoms with Crippen molar-refractivity contribution in [1.29, 1.82) is 0 Å². The molecule has 0 aliphatic heterocycles. The highest BCUT2D eigenvalue weighted by Crippen LogP contribution is 2.33. The first-order valence-electron chi connectivity index (χ1n) is 11.0. The number of anilines is 1. The average molecular weight is 545 g/mol. The van der Waals surface area contributed by atoms with Crippen molar-refractivity contribution in [3.8, 4) is 5.75 Å². The smallest absolute Gasteiger partial charge is 0.244 e. The number of amides is 2. The van der Waals surface area contributed by atoms with Gasteiger partial charge in [0.2, 0.25) is 21.8 Å². The number of methoxy groups -OCH3 is 1. The zero-order valence-electron chi connectivity index (χ0n) is 20.4. The van der Waals surface area contributed by atoms with Crippen molar-refractivity contribution in [2.24, 2.45) is 0 Å². The van der Waals surface area contributed by atoms with Crippen molar-refractivity contribution < 1.29 is 22.7 Å². The van der Waals surface area contributed by atoms with Gasteiger partial charge in [0.25, 0.3) is 0 Å². The van der Waals surface area contributed by atoms with Gasteiger partial charge in [0.05, 0.1) is 19.1 Å². The molecule has 0 radical (unpaired) electrons. The van der Waals surface area contributed by atoms with Gasteiger partial charge >= 0.3 is 0 Å². The monoisotopic (exact) mass is 543 g/mol. The Morgan fingerprint density at radius 3 is 2.31 bits per heavy atom. The number of carbonyl (C=O) groups excluding carboxylic acids is 2. The molecule has 0 fully saturated rings. The number of nitrogens with one attached hydrogen (secondary N) is 1. The fraction of sp³-hybridized carbons (Fsp3) is 0.417. The zero-order chi connectivity index (χ0) is 26.3. The van der Waals surface area contributed by atoms with Crippen LogP contribution in [0.15, 0.2) is 42.5 Å². The molecule has 0 spiro atoms. The van der Waals surface area contributed by atoms with Gasteiger partial charge in [0.15, 0.2) is 0 Å². The summed E-state index contributed by atoms with van der Waals surface area (Å²) in [6.07, 6.45) is 1.71. The number of hydrogen-bond donors (Lipinski definition) is 1. The Labute approximate surface area is 217 Å². The Bertz CT molecular complexity index is 1160. The maximum atomic E-state index is 13.6. The lowest BCUT2D eigenvalue weighted by Gasteiger charge is -2.32. The van der Waals surface area contributed by atoms with Crippen molar-refractivity contribution in [2.45, 2.75) is 45.8 Å². The highest BCUT2D eigenvalue weighted by atomic mass is 35.5. The Morgan fingerprint density at radius 1 is 1.09 bits per heavy atom. The molecular formula is C24H31Cl2N3O5S. The second-order valence-corrected chi connectivity index (χ2v) is 11.0. The molecule has 0 aromatic heterocycles. The highest BCUT2D eigenvalue weighted by Gasteiger charge is 2.31. The quantitative estimate of drug-likeness (QED) is 0.460. The molecule has 0 bridgehead atoms. The van der Waals surface area contributed by atoms with Gasteiger partial charge in [-0.3, -0.25) is 13.9 Å². The number of carbonyl (C=O) groups is 2. The van der Waals surface area contributed by atoms with Gasteiger partial charge in [-0.15, -0.1) is 0 Å². The Hall–Kier alpha value is -2.49. The summed E-state index contributed by atoms with van der Waals surface area (Å²) >= 11 is 12.2. The third-order valence-corrected chi connectivity index (χ3v) is 7.10. The number of halogens is 2. The Morgan fingerprint density at radius 2 is 1.74 bits per heavy atom. The largest absolute Gasteiger partial charge is 0.495 e. The normalized spacial score (nSPS) is 13.0. The summed E-state index contributed by atoms with van der Waals surface area (Å²) in [6, 6.07) is 10.4. The number of benzene rings is 2. The van der Waals surface area contributed by atoms with Crippen LogP contribution in [0, 0.1) is 0 Å². The van der Waals surface area contributed by atoms with E-state index in [4.69, 9.17) is 27.9 Å². The zero-order valence-corrected chi connectivity index (χ0v) is 22.7. The molecule has 0 heterocycles. The predicted molar refractivity (Wildman–Crippen MR) is 140 cm³/mol. The van der Waals surface area contributed by atoms with Crippen LogP contribution in [-0.2, 0) is 26.2 Å². The van der Waals surface area contributed by atoms with Crippen molar-refractivity contribution in [2.75, 3.05) is 24.2 Å². The van der Waals surface area contributed by atoms with Crippen LogP contribution in [0.5, 0.6) is 5.75 Å². The average Bonchev–Trinajstić information content (AvgIpc) is 2.79. The first-order valence-corrected chi connectivity index (χ1v) is 13.6. The van der Waals surface area contributed by atoms with Crippen LogP contribution in [0.3, 0.4) is 0 Å². The summed E-state index contributed by atoms with van der Waals surface area (Å²) < 4.78 is 31.7. The molecule has 0 aliphatic carbocycles. The lowest BCUT2D eigenvalue weighted by molar-refractivity contribution is -0.139. The van der Waals surface area contributed by atoms with Gasteiger partial charge in [-0.25, -0.2) is 8.42 Å². The summed E-state index contributed by atoms with van der Waals surface area (Å²) in [5, 5.41) is 3.63. The van der Waals surface area contributed by atoms with E-state index in [1.807, 2.05) is 13.8 Å². The van der Waals surface area contributed by atoms with Crippen LogP contribution in [0.2, 0.25) is 10.0 Å². The molecule has 2 amide bonds. The van der Waals surface area contributed by atoms with E-state index in [1.165, 1.54) is 24.1 Å². The first-order chi connectivity index (χ1) is 16.4. The molecule has 2 aromatic rings. The lowest BCUT2D eigenvalue weighted by Crippen LogP contribution is -2.52. The first kappa shape index (κ1) is 28.7. The van der Waals surface area contributed by atoms with Gasteiger partial charge in [0, 0.05) is 22.6 Å². The molecule has 8 nitrogen and oxygen atoms in total. The predicted octanol–water partition coefficient (Wildman–Crippen LogP) is 4.10. The molecule has 0 unspecified atom stereocenters. The molecule has 0 saturated carbocycles. The Kier molecular flexibility index (Phi) is 10.2. The van der Waals surface area contributed by atoms with Gasteiger partial charge in [0.1, 0.15) is 18.3 Å². The van der Waals surface area contributed by atoms with E-state index in [1.54, 1.807) is 37.3 Å². The van der Waals surface area contributed by atoms with Crippen LogP contribution in [0.4, 0.5) is 5.69 Å². The number of ether oxygens (including phenoxy) is 1. The van der Waals surface area contributed by atoms with E-state index < -0.39 is 28.5 Å². The Balaban J connectivity index is 2.46. The number of rotatable bonds is 11. The number of nitrogens with zero attached hydrogens (tertiary/aromatic N) is 2. The van der Waals surface area contributed by atoms with E-state index >= 15 is 0 Å². The fourth-order valence-corrected chi connectivity index (χ4v) is 4.56. The molecule has 0 aliphatic rings. The van der Waals surface area contributed by atoms with Gasteiger partial charge in [-0.05, 0) is 56.2 Å². The van der Waals surface area contributed by atoms with E-state index in [0.717, 1.165) is 17.0 Å². The standard InChI is InChI=1S/C24H31Cl2N3O5S/c1-6-16(2)27-24(31)17(3)28(14-18-8-7-9-19(25)12-18)23(30)15-29(35(5,32)33)21-13-20(26)10-11-22(21)34-4/h7-13,16-17H,6,14-15H2,1-5H3,(H,27,31)/t16-,17+/m1/s1. The van der Waals surface area contributed by atoms with Crippen LogP contribution in [0.1, 0.15) is 32.8 Å². The van der Waals surface area contributed by atoms with Crippen molar-refractivity contribution in [1.82, 2.24) is 10.2 Å². The summed E-state index contributed by atoms with van der Waals surface area (Å²) in [6.45, 7) is 4.90. The van der Waals surface area contributed by atoms with Crippen LogP contribution < -0.4 is 14.4 Å². The van der Waals surface area contributed by atoms with Crippen LogP contribution in [-0.4, -0.2) is 57.1 Å². The maximum Gasteiger partial charge on any atom is 0.244 e. The molecule has 0 saturated heterocycles. The number of sulfonamides is 1. The van der Waals surface area contributed by atoms with Gasteiger partial charge < -0.3 is 15.0 Å². The fourth-order valence-electron chi connectivity index (χ4n) is 3.33. The molecule has 2 atom stereocenters. The number of hydrogen-bond acceptors (Lipinski definition) is 5. The van der Waals surface area contributed by atoms with E-state index in [9.17, 15) is 18.0 Å². The molecule has 1 N–H and O–H groups in total. The minimum absolute atomic E-state index is 0.0543. The molecule has 2 aromatic carbocycles. The van der Waals surface area contributed by atoms with Crippen molar-refractivity contribution in [3.05, 3.63) is 58.1 Å². The molecule has 192 valence electrons. The SMILES string of the molecule is CC[C@@H](C)NC(=O)[C@H](C)N(Cc1cccc(Cl)c1)C(=O)CN(c1cc(Cl)ccc1OC)S(C)(=O)=O. The van der Waals surface area contributed by atoms with E-state index in [0.29, 0.717) is 10.6 Å². The highest BCUT2D eigenvalue weighted by molar-refractivity contribution is 7.92. The van der Waals surface area contributed by atoms with Gasteiger partial charge in [-0.1, -0.05) is 42.3 Å². The third-order valence-electron chi connectivity index (χ3n) is 5.50. The van der Waals surface area contributed by atoms with Crippen molar-refractivity contribution >= 4 is 50.7 Å². The maximum absolute atomic E-state index is 13.6. The lowest BCUT2D eigenvalue weighted by atomic mass is 10.1. The topological polar surface area (TPSA) is 96.0 Å². The van der Waals surface area contributed by atoms with Crippen molar-refractivity contribution in [3.63, 3.8) is 0 Å².